The van der Waals surface area contributed by atoms with Crippen LogP contribution in [0.2, 0.25) is 0 Å². The standard InChI is InChI=1S/C11H5BrClNO/c12-7-2-1-6-3-10(15)9(5-14)11(13)8(6)4-7/h1-2,4H,3H2. The molecule has 0 atom stereocenters. The molecule has 0 unspecified atom stereocenters. The van der Waals surface area contributed by atoms with Crippen LogP contribution in [-0.4, -0.2) is 5.78 Å². The number of fused-ring (bicyclic) bond motifs is 1. The zero-order valence-electron chi connectivity index (χ0n) is 7.55. The van der Waals surface area contributed by atoms with Crippen molar-refractivity contribution in [1.82, 2.24) is 0 Å². The van der Waals surface area contributed by atoms with Gasteiger partial charge in [-0.15, -0.1) is 0 Å². The Labute approximate surface area is 100 Å². The molecule has 0 saturated carbocycles. The topological polar surface area (TPSA) is 40.9 Å². The summed E-state index contributed by atoms with van der Waals surface area (Å²) in [6, 6.07) is 7.36. The summed E-state index contributed by atoms with van der Waals surface area (Å²) in [6.07, 6.45) is 0.252. The summed E-state index contributed by atoms with van der Waals surface area (Å²) < 4.78 is 0.881. The van der Waals surface area contributed by atoms with Crippen LogP contribution in [0.4, 0.5) is 0 Å². The van der Waals surface area contributed by atoms with Crippen molar-refractivity contribution in [3.63, 3.8) is 0 Å². The number of rotatable bonds is 0. The van der Waals surface area contributed by atoms with E-state index >= 15 is 0 Å². The lowest BCUT2D eigenvalue weighted by Gasteiger charge is -2.15. The average molecular weight is 283 g/mol. The highest BCUT2D eigenvalue weighted by atomic mass is 79.9. The molecule has 1 aromatic carbocycles. The third kappa shape index (κ3) is 1.71. The predicted octanol–water partition coefficient (Wildman–Crippen LogP) is 3.05. The summed E-state index contributed by atoms with van der Waals surface area (Å²) in [5.74, 6) is -0.211. The molecule has 0 amide bonds. The number of carbonyl (C=O) groups is 1. The van der Waals surface area contributed by atoms with Crippen molar-refractivity contribution in [2.24, 2.45) is 0 Å². The van der Waals surface area contributed by atoms with Gasteiger partial charge in [-0.3, -0.25) is 4.79 Å². The van der Waals surface area contributed by atoms with Gasteiger partial charge in [0, 0.05) is 10.9 Å². The Morgan fingerprint density at radius 2 is 2.20 bits per heavy atom. The second-order valence-corrected chi connectivity index (χ2v) is 4.50. The van der Waals surface area contributed by atoms with E-state index in [2.05, 4.69) is 15.9 Å². The third-order valence-corrected chi connectivity index (χ3v) is 3.16. The van der Waals surface area contributed by atoms with Crippen molar-refractivity contribution in [3.8, 4) is 6.07 Å². The molecular formula is C11H5BrClNO. The van der Waals surface area contributed by atoms with E-state index in [0.717, 1.165) is 15.6 Å². The van der Waals surface area contributed by atoms with Crippen LogP contribution in [-0.2, 0) is 11.2 Å². The van der Waals surface area contributed by atoms with Gasteiger partial charge in [-0.05, 0) is 23.3 Å². The Morgan fingerprint density at radius 1 is 1.47 bits per heavy atom. The van der Waals surface area contributed by atoms with Crippen LogP contribution in [0.5, 0.6) is 0 Å². The Hall–Kier alpha value is -1.11. The van der Waals surface area contributed by atoms with Crippen molar-refractivity contribution in [3.05, 3.63) is 39.4 Å². The lowest BCUT2D eigenvalue weighted by molar-refractivity contribution is -0.114. The lowest BCUT2D eigenvalue weighted by atomic mass is 9.91. The van der Waals surface area contributed by atoms with Crippen molar-refractivity contribution in [1.29, 1.82) is 5.26 Å². The van der Waals surface area contributed by atoms with Gasteiger partial charge in [0.25, 0.3) is 0 Å². The van der Waals surface area contributed by atoms with Crippen LogP contribution < -0.4 is 0 Å². The Morgan fingerprint density at radius 3 is 2.87 bits per heavy atom. The number of halogens is 2. The number of Topliss-reactive ketones (excluding diaryl/α,β-unsaturated/α-hetero) is 1. The molecule has 0 saturated heterocycles. The van der Waals surface area contributed by atoms with Gasteiger partial charge in [-0.1, -0.05) is 33.6 Å². The van der Waals surface area contributed by atoms with Gasteiger partial charge >= 0.3 is 0 Å². The summed E-state index contributed by atoms with van der Waals surface area (Å²) >= 11 is 9.32. The first-order chi connectivity index (χ1) is 7.13. The minimum absolute atomic E-state index is 0.0577. The first kappa shape index (κ1) is 10.4. The summed E-state index contributed by atoms with van der Waals surface area (Å²) in [4.78, 5) is 11.5. The van der Waals surface area contributed by atoms with Crippen LogP contribution in [0.3, 0.4) is 0 Å². The molecule has 0 spiro atoms. The smallest absolute Gasteiger partial charge is 0.179 e. The van der Waals surface area contributed by atoms with Crippen LogP contribution >= 0.6 is 27.5 Å². The SMILES string of the molecule is N#CC1=C(Cl)c2cc(Br)ccc2CC1=O. The third-order valence-electron chi connectivity index (χ3n) is 2.27. The second-order valence-electron chi connectivity index (χ2n) is 3.20. The maximum atomic E-state index is 11.5. The second kappa shape index (κ2) is 3.80. The van der Waals surface area contributed by atoms with E-state index in [4.69, 9.17) is 16.9 Å². The molecule has 0 aliphatic heterocycles. The van der Waals surface area contributed by atoms with Gasteiger partial charge in [0.2, 0.25) is 0 Å². The molecule has 4 heteroatoms. The van der Waals surface area contributed by atoms with Crippen LogP contribution in [0.1, 0.15) is 11.1 Å². The number of ketones is 1. The van der Waals surface area contributed by atoms with Gasteiger partial charge in [0.1, 0.15) is 11.6 Å². The number of nitrogens with zero attached hydrogens (tertiary/aromatic N) is 1. The molecule has 1 aromatic rings. The summed E-state index contributed by atoms with van der Waals surface area (Å²) in [7, 11) is 0. The minimum Gasteiger partial charge on any atom is -0.293 e. The van der Waals surface area contributed by atoms with Gasteiger partial charge in [0.05, 0.1) is 5.03 Å². The summed E-state index contributed by atoms with van der Waals surface area (Å²) in [5, 5.41) is 9.06. The Balaban J connectivity index is 2.70. The number of hydrogen-bond acceptors (Lipinski definition) is 2. The molecule has 2 rings (SSSR count). The maximum absolute atomic E-state index is 11.5. The van der Waals surface area contributed by atoms with E-state index in [9.17, 15) is 4.79 Å². The summed E-state index contributed by atoms with van der Waals surface area (Å²) in [6.45, 7) is 0. The first-order valence-corrected chi connectivity index (χ1v) is 5.42. The maximum Gasteiger partial charge on any atom is 0.179 e. The predicted molar refractivity (Wildman–Crippen MR) is 61.2 cm³/mol. The molecular weight excluding hydrogens is 277 g/mol. The van der Waals surface area contributed by atoms with E-state index in [1.807, 2.05) is 24.3 Å². The van der Waals surface area contributed by atoms with Gasteiger partial charge in [-0.2, -0.15) is 5.26 Å². The molecule has 0 radical (unpaired) electrons. The molecule has 0 N–H and O–H groups in total. The number of hydrogen-bond donors (Lipinski definition) is 0. The zero-order chi connectivity index (χ0) is 11.0. The van der Waals surface area contributed by atoms with Gasteiger partial charge in [0.15, 0.2) is 5.78 Å². The highest BCUT2D eigenvalue weighted by Crippen LogP contribution is 2.33. The number of carbonyl (C=O) groups excluding carboxylic acids is 1. The van der Waals surface area contributed by atoms with Crippen molar-refractivity contribution < 1.29 is 4.79 Å². The van der Waals surface area contributed by atoms with E-state index < -0.39 is 0 Å². The number of allylic oxidation sites excluding steroid dienone is 1. The number of benzene rings is 1. The highest BCUT2D eigenvalue weighted by Gasteiger charge is 2.24. The molecule has 2 nitrogen and oxygen atoms in total. The van der Waals surface area contributed by atoms with Crippen LogP contribution in [0, 0.1) is 11.3 Å². The van der Waals surface area contributed by atoms with E-state index in [1.54, 1.807) is 0 Å². The quantitative estimate of drug-likeness (QED) is 0.734. The molecule has 15 heavy (non-hydrogen) atoms. The molecule has 0 aromatic heterocycles. The fourth-order valence-corrected chi connectivity index (χ4v) is 2.22. The zero-order valence-corrected chi connectivity index (χ0v) is 9.89. The van der Waals surface area contributed by atoms with Gasteiger partial charge in [-0.25, -0.2) is 0 Å². The molecule has 0 bridgehead atoms. The van der Waals surface area contributed by atoms with Crippen molar-refractivity contribution in [2.75, 3.05) is 0 Å². The van der Waals surface area contributed by atoms with Gasteiger partial charge < -0.3 is 0 Å². The van der Waals surface area contributed by atoms with Crippen molar-refractivity contribution in [2.45, 2.75) is 6.42 Å². The van der Waals surface area contributed by atoms with E-state index in [1.165, 1.54) is 0 Å². The van der Waals surface area contributed by atoms with E-state index in [-0.39, 0.29) is 22.8 Å². The molecule has 1 aliphatic carbocycles. The summed E-state index contributed by atoms with van der Waals surface area (Å²) in [5.41, 5.74) is 1.69. The minimum atomic E-state index is -0.211. The Kier molecular flexibility index (Phi) is 2.64. The monoisotopic (exact) mass is 281 g/mol. The van der Waals surface area contributed by atoms with Crippen molar-refractivity contribution >= 4 is 38.3 Å². The molecule has 74 valence electrons. The fraction of sp³-hybridized carbons (Fsp3) is 0.0909. The molecule has 0 heterocycles. The first-order valence-electron chi connectivity index (χ1n) is 4.25. The average Bonchev–Trinajstić information content (AvgIpc) is 2.20. The lowest BCUT2D eigenvalue weighted by Crippen LogP contribution is -2.13. The highest BCUT2D eigenvalue weighted by molar-refractivity contribution is 9.10. The van der Waals surface area contributed by atoms with Crippen LogP contribution in [0.25, 0.3) is 5.03 Å². The molecule has 1 aliphatic rings. The van der Waals surface area contributed by atoms with Crippen LogP contribution in [0.15, 0.2) is 28.2 Å². The largest absolute Gasteiger partial charge is 0.293 e. The number of nitriles is 1. The Bertz CT molecular complexity index is 528. The van der Waals surface area contributed by atoms with E-state index in [0.29, 0.717) is 0 Å². The fourth-order valence-electron chi connectivity index (χ4n) is 1.54. The normalized spacial score (nSPS) is 14.9. The molecule has 0 fully saturated rings.